The highest BCUT2D eigenvalue weighted by Crippen LogP contribution is 2.35. The van der Waals surface area contributed by atoms with Crippen molar-refractivity contribution in [2.24, 2.45) is 0 Å². The molecule has 1 aliphatic heterocycles. The summed E-state index contributed by atoms with van der Waals surface area (Å²) in [6.07, 6.45) is 6.97. The first-order valence-electron chi connectivity index (χ1n) is 8.17. The van der Waals surface area contributed by atoms with Crippen LogP contribution in [-0.2, 0) is 15.6 Å². The Bertz CT molecular complexity index is 1110. The number of rotatable bonds is 5. The summed E-state index contributed by atoms with van der Waals surface area (Å²) in [6.45, 7) is 2.12. The van der Waals surface area contributed by atoms with Crippen LogP contribution in [0.4, 0.5) is 0 Å². The fraction of sp³-hybridized carbons (Fsp3) is 0.375. The van der Waals surface area contributed by atoms with Gasteiger partial charge in [-0.15, -0.1) is 0 Å². The molecular weight excluding hydrogens is 354 g/mol. The number of aromatic amines is 1. The molecule has 1 saturated heterocycles. The van der Waals surface area contributed by atoms with Crippen LogP contribution < -0.4 is 0 Å². The maximum Gasteiger partial charge on any atom is 0.213 e. The molecule has 0 amide bonds. The molecule has 0 atom stereocenters. The summed E-state index contributed by atoms with van der Waals surface area (Å²) in [5.74, 6) is 0.0480. The molecule has 26 heavy (non-hydrogen) atoms. The third-order valence-corrected chi connectivity index (χ3v) is 6.58. The van der Waals surface area contributed by atoms with E-state index in [4.69, 9.17) is 0 Å². The summed E-state index contributed by atoms with van der Waals surface area (Å²) >= 11 is 0. The summed E-state index contributed by atoms with van der Waals surface area (Å²) in [5.41, 5.74) is 1.64. The van der Waals surface area contributed by atoms with Crippen LogP contribution >= 0.6 is 0 Å². The van der Waals surface area contributed by atoms with Crippen molar-refractivity contribution in [3.05, 3.63) is 31.0 Å². The van der Waals surface area contributed by atoms with Gasteiger partial charge in [-0.1, -0.05) is 0 Å². The molecule has 4 heterocycles. The van der Waals surface area contributed by atoms with Crippen molar-refractivity contribution >= 4 is 21.1 Å². The van der Waals surface area contributed by atoms with E-state index in [1.165, 1.54) is 10.6 Å². The highest BCUT2D eigenvalue weighted by Gasteiger charge is 2.49. The minimum absolute atomic E-state index is 0. The van der Waals surface area contributed by atoms with Gasteiger partial charge in [0.1, 0.15) is 17.5 Å². The van der Waals surface area contributed by atoms with Gasteiger partial charge < -0.3 is 4.98 Å². The summed E-state index contributed by atoms with van der Waals surface area (Å²) in [6, 6.07) is 4.06. The minimum Gasteiger partial charge on any atom is -0.346 e. The highest BCUT2D eigenvalue weighted by atomic mass is 32.2. The zero-order valence-corrected chi connectivity index (χ0v) is 14.9. The van der Waals surface area contributed by atoms with Crippen LogP contribution in [0.1, 0.15) is 14.8 Å². The van der Waals surface area contributed by atoms with Crippen molar-refractivity contribution < 1.29 is 9.84 Å². The van der Waals surface area contributed by atoms with Gasteiger partial charge in [0.15, 0.2) is 0 Å². The van der Waals surface area contributed by atoms with E-state index in [1.54, 1.807) is 24.0 Å². The fourth-order valence-electron chi connectivity index (χ4n) is 3.28. The molecule has 0 aromatic carbocycles. The molecule has 0 unspecified atom stereocenters. The van der Waals surface area contributed by atoms with Crippen LogP contribution in [0.2, 0.25) is 0 Å². The van der Waals surface area contributed by atoms with Gasteiger partial charge in [0.05, 0.1) is 30.1 Å². The molecule has 0 spiro atoms. The standard InChI is InChI=1S/C16H17N7O2S.H2/c1-2-26(24,25)22-9-16(10-22,4-5-17)23-8-12(7-21-23)14-13-3-6-18-15(13)20-11-19-14;/h3,6-8,11H,2,4,9-10H2,1H3,(H,18,19,20);1H. The summed E-state index contributed by atoms with van der Waals surface area (Å²) in [5, 5.41) is 14.5. The Morgan fingerprint density at radius 1 is 1.42 bits per heavy atom. The van der Waals surface area contributed by atoms with Gasteiger partial charge >= 0.3 is 0 Å². The number of fused-ring (bicyclic) bond motifs is 1. The third-order valence-electron chi connectivity index (χ3n) is 4.80. The first-order valence-corrected chi connectivity index (χ1v) is 9.78. The lowest BCUT2D eigenvalue weighted by atomic mass is 9.89. The largest absolute Gasteiger partial charge is 0.346 e. The van der Waals surface area contributed by atoms with Gasteiger partial charge in [0.25, 0.3) is 0 Å². The van der Waals surface area contributed by atoms with E-state index in [2.05, 4.69) is 26.1 Å². The van der Waals surface area contributed by atoms with E-state index < -0.39 is 15.6 Å². The number of nitrogens with zero attached hydrogens (tertiary/aromatic N) is 6. The van der Waals surface area contributed by atoms with E-state index in [9.17, 15) is 13.7 Å². The van der Waals surface area contributed by atoms with Crippen molar-refractivity contribution in [2.45, 2.75) is 18.9 Å². The normalized spacial score (nSPS) is 17.1. The quantitative estimate of drug-likeness (QED) is 0.720. The fourth-order valence-corrected chi connectivity index (χ4v) is 4.52. The molecule has 0 aliphatic carbocycles. The Balaban J connectivity index is 0.00000210. The van der Waals surface area contributed by atoms with E-state index in [1.807, 2.05) is 12.3 Å². The second-order valence-electron chi connectivity index (χ2n) is 6.36. The van der Waals surface area contributed by atoms with Gasteiger partial charge in [-0.05, 0) is 13.0 Å². The molecule has 9 nitrogen and oxygen atoms in total. The third kappa shape index (κ3) is 2.48. The predicted octanol–water partition coefficient (Wildman–Crippen LogP) is 1.34. The lowest BCUT2D eigenvalue weighted by Crippen LogP contribution is -2.64. The Kier molecular flexibility index (Phi) is 3.78. The second kappa shape index (κ2) is 5.89. The molecule has 10 heteroatoms. The summed E-state index contributed by atoms with van der Waals surface area (Å²) in [4.78, 5) is 11.6. The lowest BCUT2D eigenvalue weighted by Gasteiger charge is -2.47. The Morgan fingerprint density at radius 3 is 2.96 bits per heavy atom. The second-order valence-corrected chi connectivity index (χ2v) is 8.62. The Morgan fingerprint density at radius 2 is 2.23 bits per heavy atom. The van der Waals surface area contributed by atoms with Crippen molar-refractivity contribution in [3.63, 3.8) is 0 Å². The highest BCUT2D eigenvalue weighted by molar-refractivity contribution is 7.89. The Labute approximate surface area is 151 Å². The number of nitrogens with one attached hydrogen (secondary N) is 1. The number of H-pyrrole nitrogens is 1. The molecule has 3 aromatic heterocycles. The van der Waals surface area contributed by atoms with Crippen LogP contribution in [0.15, 0.2) is 31.0 Å². The van der Waals surface area contributed by atoms with Gasteiger partial charge in [-0.25, -0.2) is 18.4 Å². The van der Waals surface area contributed by atoms with Gasteiger partial charge in [-0.2, -0.15) is 14.7 Å². The molecule has 3 aromatic rings. The monoisotopic (exact) mass is 373 g/mol. The van der Waals surface area contributed by atoms with E-state index >= 15 is 0 Å². The molecule has 1 N–H and O–H groups in total. The van der Waals surface area contributed by atoms with Crippen molar-refractivity contribution in [2.75, 3.05) is 18.8 Å². The maximum absolute atomic E-state index is 12.0. The predicted molar refractivity (Wildman–Crippen MR) is 96.5 cm³/mol. The SMILES string of the molecule is CCS(=O)(=O)N1CC(CC#N)(n2cc(-c3ncnc4[nH]ccc34)cn2)C1.[HH]. The van der Waals surface area contributed by atoms with Gasteiger partial charge in [0, 0.05) is 37.9 Å². The molecular formula is C16H19N7O2S. The molecule has 1 fully saturated rings. The van der Waals surface area contributed by atoms with E-state index in [-0.39, 0.29) is 26.7 Å². The minimum atomic E-state index is -3.27. The molecule has 136 valence electrons. The van der Waals surface area contributed by atoms with Crippen LogP contribution in [0, 0.1) is 11.3 Å². The van der Waals surface area contributed by atoms with Crippen molar-refractivity contribution in [1.29, 1.82) is 5.26 Å². The number of sulfonamides is 1. The molecule has 0 radical (unpaired) electrons. The average molecular weight is 373 g/mol. The van der Waals surface area contributed by atoms with Crippen LogP contribution in [0.5, 0.6) is 0 Å². The number of aromatic nitrogens is 5. The zero-order valence-electron chi connectivity index (χ0n) is 14.1. The van der Waals surface area contributed by atoms with Crippen LogP contribution in [0.3, 0.4) is 0 Å². The topological polar surface area (TPSA) is 121 Å². The molecule has 4 rings (SSSR count). The first kappa shape index (κ1) is 16.7. The molecule has 0 saturated carbocycles. The maximum atomic E-state index is 12.0. The first-order chi connectivity index (χ1) is 12.5. The summed E-state index contributed by atoms with van der Waals surface area (Å²) < 4.78 is 27.2. The van der Waals surface area contributed by atoms with Crippen molar-refractivity contribution in [1.82, 2.24) is 29.0 Å². The van der Waals surface area contributed by atoms with Crippen molar-refractivity contribution in [3.8, 4) is 17.3 Å². The molecule has 0 bridgehead atoms. The van der Waals surface area contributed by atoms with Gasteiger partial charge in [-0.3, -0.25) is 4.68 Å². The van der Waals surface area contributed by atoms with Crippen LogP contribution in [-0.4, -0.2) is 56.3 Å². The molecule has 1 aliphatic rings. The van der Waals surface area contributed by atoms with Gasteiger partial charge in [0.2, 0.25) is 10.0 Å². The lowest BCUT2D eigenvalue weighted by molar-refractivity contribution is 0.0719. The van der Waals surface area contributed by atoms with Crippen LogP contribution in [0.25, 0.3) is 22.3 Å². The van der Waals surface area contributed by atoms with E-state index in [0.717, 1.165) is 22.3 Å². The number of hydrogen-bond acceptors (Lipinski definition) is 6. The van der Waals surface area contributed by atoms with E-state index in [0.29, 0.717) is 0 Å². The smallest absolute Gasteiger partial charge is 0.213 e. The Hall–Kier alpha value is -2.77. The average Bonchev–Trinajstić information content (AvgIpc) is 3.26. The number of nitriles is 1. The summed E-state index contributed by atoms with van der Waals surface area (Å²) in [7, 11) is -3.27. The number of hydrogen-bond donors (Lipinski definition) is 1. The zero-order chi connectivity index (χ0) is 18.4.